The summed E-state index contributed by atoms with van der Waals surface area (Å²) in [5.41, 5.74) is 0.791. The second-order valence-corrected chi connectivity index (χ2v) is 4.91. The van der Waals surface area contributed by atoms with Crippen LogP contribution in [0.3, 0.4) is 0 Å². The summed E-state index contributed by atoms with van der Waals surface area (Å²) in [7, 11) is 0. The summed E-state index contributed by atoms with van der Waals surface area (Å²) >= 11 is 0. The average Bonchev–Trinajstić information content (AvgIpc) is 2.72. The molecule has 0 aliphatic heterocycles. The van der Waals surface area contributed by atoms with E-state index >= 15 is 0 Å². The standard InChI is InChI=1S/C14H19NO3/c16-12-5-1-3-10(7-12)8-14(18)15-9-11-4-2-6-13(11)17/h1,3,5,7,11,13,16-17H,2,4,6,8-9H2,(H,15,18). The molecule has 0 spiro atoms. The van der Waals surface area contributed by atoms with Crippen molar-refractivity contribution in [2.75, 3.05) is 6.54 Å². The smallest absolute Gasteiger partial charge is 0.224 e. The molecule has 1 aromatic carbocycles. The van der Waals surface area contributed by atoms with Crippen LogP contribution >= 0.6 is 0 Å². The molecule has 0 heterocycles. The second kappa shape index (κ2) is 5.87. The van der Waals surface area contributed by atoms with Crippen molar-refractivity contribution >= 4 is 5.91 Å². The number of aliphatic hydroxyl groups excluding tert-OH is 1. The summed E-state index contributed by atoms with van der Waals surface area (Å²) in [6.07, 6.45) is 2.85. The summed E-state index contributed by atoms with van der Waals surface area (Å²) in [5, 5.41) is 21.8. The quantitative estimate of drug-likeness (QED) is 0.751. The third-order valence-electron chi connectivity index (χ3n) is 3.46. The van der Waals surface area contributed by atoms with E-state index in [2.05, 4.69) is 5.32 Å². The van der Waals surface area contributed by atoms with Gasteiger partial charge in [0, 0.05) is 12.5 Å². The molecule has 1 amide bonds. The minimum atomic E-state index is -0.272. The largest absolute Gasteiger partial charge is 0.508 e. The van der Waals surface area contributed by atoms with Crippen molar-refractivity contribution in [3.63, 3.8) is 0 Å². The Morgan fingerprint density at radius 1 is 1.39 bits per heavy atom. The molecule has 3 N–H and O–H groups in total. The Bertz CT molecular complexity index is 419. The lowest BCUT2D eigenvalue weighted by molar-refractivity contribution is -0.120. The van der Waals surface area contributed by atoms with E-state index in [1.54, 1.807) is 18.2 Å². The number of benzene rings is 1. The van der Waals surface area contributed by atoms with Crippen LogP contribution in [0.1, 0.15) is 24.8 Å². The molecule has 2 unspecified atom stereocenters. The van der Waals surface area contributed by atoms with E-state index in [0.717, 1.165) is 24.8 Å². The van der Waals surface area contributed by atoms with E-state index in [9.17, 15) is 15.0 Å². The number of rotatable bonds is 4. The van der Waals surface area contributed by atoms with E-state index in [0.29, 0.717) is 6.54 Å². The zero-order valence-electron chi connectivity index (χ0n) is 10.3. The van der Waals surface area contributed by atoms with Crippen LogP contribution < -0.4 is 5.32 Å². The van der Waals surface area contributed by atoms with Crippen molar-refractivity contribution in [3.05, 3.63) is 29.8 Å². The molecule has 4 heteroatoms. The van der Waals surface area contributed by atoms with Gasteiger partial charge in [0.1, 0.15) is 5.75 Å². The van der Waals surface area contributed by atoms with Crippen molar-refractivity contribution in [3.8, 4) is 5.75 Å². The van der Waals surface area contributed by atoms with Gasteiger partial charge in [-0.15, -0.1) is 0 Å². The molecule has 0 aromatic heterocycles. The molecule has 1 aromatic rings. The molecule has 98 valence electrons. The molecular weight excluding hydrogens is 230 g/mol. The molecule has 1 fully saturated rings. The first kappa shape index (κ1) is 12.9. The summed E-state index contributed by atoms with van der Waals surface area (Å²) < 4.78 is 0. The highest BCUT2D eigenvalue weighted by molar-refractivity contribution is 5.78. The molecule has 1 aliphatic rings. The Kier molecular flexibility index (Phi) is 4.20. The number of hydrogen-bond acceptors (Lipinski definition) is 3. The number of aromatic hydroxyl groups is 1. The normalized spacial score (nSPS) is 22.9. The van der Waals surface area contributed by atoms with Crippen LogP contribution in [0, 0.1) is 5.92 Å². The monoisotopic (exact) mass is 249 g/mol. The van der Waals surface area contributed by atoms with E-state index < -0.39 is 0 Å². The van der Waals surface area contributed by atoms with Gasteiger partial charge in [-0.05, 0) is 30.5 Å². The summed E-state index contributed by atoms with van der Waals surface area (Å²) in [6.45, 7) is 0.540. The summed E-state index contributed by atoms with van der Waals surface area (Å²) in [6, 6.07) is 6.70. The van der Waals surface area contributed by atoms with Gasteiger partial charge in [0.15, 0.2) is 0 Å². The van der Waals surface area contributed by atoms with Gasteiger partial charge in [-0.25, -0.2) is 0 Å². The van der Waals surface area contributed by atoms with Crippen molar-refractivity contribution in [1.29, 1.82) is 0 Å². The van der Waals surface area contributed by atoms with Crippen molar-refractivity contribution < 1.29 is 15.0 Å². The van der Waals surface area contributed by atoms with Crippen LogP contribution in [0.15, 0.2) is 24.3 Å². The Hall–Kier alpha value is -1.55. The minimum absolute atomic E-state index is 0.0697. The van der Waals surface area contributed by atoms with E-state index in [-0.39, 0.29) is 30.1 Å². The number of hydrogen-bond donors (Lipinski definition) is 3. The third kappa shape index (κ3) is 3.47. The molecule has 1 saturated carbocycles. The van der Waals surface area contributed by atoms with Gasteiger partial charge >= 0.3 is 0 Å². The molecule has 0 bridgehead atoms. The molecule has 1 aliphatic carbocycles. The zero-order valence-corrected chi connectivity index (χ0v) is 10.3. The van der Waals surface area contributed by atoms with Crippen LogP contribution in [0.25, 0.3) is 0 Å². The highest BCUT2D eigenvalue weighted by Gasteiger charge is 2.25. The average molecular weight is 249 g/mol. The lowest BCUT2D eigenvalue weighted by Gasteiger charge is -2.15. The fourth-order valence-corrected chi connectivity index (χ4v) is 2.41. The van der Waals surface area contributed by atoms with Crippen LogP contribution in [0.5, 0.6) is 5.75 Å². The SMILES string of the molecule is O=C(Cc1cccc(O)c1)NCC1CCCC1O. The Morgan fingerprint density at radius 3 is 2.89 bits per heavy atom. The number of carbonyl (C=O) groups is 1. The van der Waals surface area contributed by atoms with Gasteiger partial charge < -0.3 is 15.5 Å². The van der Waals surface area contributed by atoms with Gasteiger partial charge in [0.25, 0.3) is 0 Å². The minimum Gasteiger partial charge on any atom is -0.508 e. The van der Waals surface area contributed by atoms with E-state index in [1.165, 1.54) is 0 Å². The van der Waals surface area contributed by atoms with Crippen LogP contribution in [0.2, 0.25) is 0 Å². The highest BCUT2D eigenvalue weighted by Crippen LogP contribution is 2.24. The third-order valence-corrected chi connectivity index (χ3v) is 3.46. The predicted molar refractivity (Wildman–Crippen MR) is 68.2 cm³/mol. The fraction of sp³-hybridized carbons (Fsp3) is 0.500. The number of carbonyl (C=O) groups excluding carboxylic acids is 1. The maximum Gasteiger partial charge on any atom is 0.224 e. The number of amides is 1. The number of phenols is 1. The van der Waals surface area contributed by atoms with Gasteiger partial charge in [-0.3, -0.25) is 4.79 Å². The second-order valence-electron chi connectivity index (χ2n) is 4.91. The molecular formula is C14H19NO3. The van der Waals surface area contributed by atoms with Gasteiger partial charge in [0.2, 0.25) is 5.91 Å². The molecule has 18 heavy (non-hydrogen) atoms. The molecule has 0 saturated heterocycles. The lowest BCUT2D eigenvalue weighted by Crippen LogP contribution is -2.33. The number of nitrogens with one attached hydrogen (secondary N) is 1. The topological polar surface area (TPSA) is 69.6 Å². The Morgan fingerprint density at radius 2 is 2.22 bits per heavy atom. The van der Waals surface area contributed by atoms with E-state index in [4.69, 9.17) is 0 Å². The molecule has 4 nitrogen and oxygen atoms in total. The summed E-state index contributed by atoms with van der Waals surface area (Å²) in [4.78, 5) is 11.7. The number of phenolic OH excluding ortho intramolecular Hbond substituents is 1. The molecule has 2 rings (SSSR count). The maximum absolute atomic E-state index is 11.7. The van der Waals surface area contributed by atoms with Crippen LogP contribution in [-0.2, 0) is 11.2 Å². The fourth-order valence-electron chi connectivity index (χ4n) is 2.41. The molecule has 0 radical (unpaired) electrons. The van der Waals surface area contributed by atoms with Crippen LogP contribution in [0.4, 0.5) is 0 Å². The first-order valence-corrected chi connectivity index (χ1v) is 6.38. The zero-order chi connectivity index (χ0) is 13.0. The van der Waals surface area contributed by atoms with Crippen molar-refractivity contribution in [1.82, 2.24) is 5.32 Å². The van der Waals surface area contributed by atoms with Gasteiger partial charge in [-0.1, -0.05) is 18.6 Å². The van der Waals surface area contributed by atoms with Gasteiger partial charge in [-0.2, -0.15) is 0 Å². The first-order valence-electron chi connectivity index (χ1n) is 6.38. The van der Waals surface area contributed by atoms with Crippen LogP contribution in [-0.4, -0.2) is 28.8 Å². The molecule has 2 atom stereocenters. The van der Waals surface area contributed by atoms with E-state index in [1.807, 2.05) is 6.07 Å². The number of aliphatic hydroxyl groups is 1. The Labute approximate surface area is 107 Å². The van der Waals surface area contributed by atoms with Crippen molar-refractivity contribution in [2.24, 2.45) is 5.92 Å². The summed E-state index contributed by atoms with van der Waals surface area (Å²) in [5.74, 6) is 0.296. The van der Waals surface area contributed by atoms with Gasteiger partial charge in [0.05, 0.1) is 12.5 Å². The Balaban J connectivity index is 1.78. The maximum atomic E-state index is 11.7. The van der Waals surface area contributed by atoms with Crippen molar-refractivity contribution in [2.45, 2.75) is 31.8 Å². The lowest BCUT2D eigenvalue weighted by atomic mass is 10.1. The highest BCUT2D eigenvalue weighted by atomic mass is 16.3. The first-order chi connectivity index (χ1) is 8.65. The predicted octanol–water partition coefficient (Wildman–Crippen LogP) is 1.21.